The summed E-state index contributed by atoms with van der Waals surface area (Å²) in [7, 11) is 0. The van der Waals surface area contributed by atoms with Gasteiger partial charge in [-0.2, -0.15) is 5.10 Å². The number of hydrogen-bond donors (Lipinski definition) is 0. The molecule has 0 amide bonds. The van der Waals surface area contributed by atoms with Gasteiger partial charge in [0.15, 0.2) is 5.12 Å². The first-order valence-corrected chi connectivity index (χ1v) is 8.08. The zero-order chi connectivity index (χ0) is 15.4. The van der Waals surface area contributed by atoms with Crippen molar-refractivity contribution < 1.29 is 0 Å². The van der Waals surface area contributed by atoms with E-state index in [1.807, 2.05) is 23.0 Å². The molecule has 3 heterocycles. The number of hydrogen-bond acceptors (Lipinski definition) is 5. The molecule has 1 unspecified atom stereocenters. The lowest BCUT2D eigenvalue weighted by molar-refractivity contribution is 0.0688. The summed E-state index contributed by atoms with van der Waals surface area (Å²) in [6.45, 7) is 5.60. The van der Waals surface area contributed by atoms with Gasteiger partial charge in [0.05, 0.1) is 0 Å². The van der Waals surface area contributed by atoms with Crippen molar-refractivity contribution in [3.05, 3.63) is 36.9 Å². The molecule has 0 saturated carbocycles. The molecule has 2 aromatic rings. The van der Waals surface area contributed by atoms with Crippen molar-refractivity contribution in [1.82, 2.24) is 24.6 Å². The van der Waals surface area contributed by atoms with Gasteiger partial charge in [-0.3, -0.25) is 4.90 Å². The highest BCUT2D eigenvalue weighted by molar-refractivity contribution is 6.21. The molecule has 0 bridgehead atoms. The van der Waals surface area contributed by atoms with Gasteiger partial charge >= 0.3 is 0 Å². The average Bonchev–Trinajstić information content (AvgIpc) is 3.11. The Labute approximate surface area is 160 Å². The molecule has 3 rings (SSSR count). The maximum Gasteiger partial charge on any atom is 0.225 e. The molecule has 1 fully saturated rings. The Morgan fingerprint density at radius 3 is 2.25 bits per heavy atom. The highest BCUT2D eigenvalue weighted by Gasteiger charge is 2.38. The van der Waals surface area contributed by atoms with E-state index >= 15 is 0 Å². The monoisotopic (exact) mass is 392 g/mol. The van der Waals surface area contributed by atoms with Gasteiger partial charge < -0.3 is 4.90 Å². The second-order valence-electron chi connectivity index (χ2n) is 5.44. The molecule has 0 aliphatic carbocycles. The largest absolute Gasteiger partial charge is 0.338 e. The fraction of sp³-hybridized carbons (Fsp3) is 0.533. The van der Waals surface area contributed by atoms with E-state index in [9.17, 15) is 0 Å². The van der Waals surface area contributed by atoms with Crippen molar-refractivity contribution in [2.24, 2.45) is 0 Å². The van der Waals surface area contributed by atoms with Crippen LogP contribution in [0.4, 0.5) is 5.95 Å². The summed E-state index contributed by atoms with van der Waals surface area (Å²) in [5.74, 6) is 0.789. The van der Waals surface area contributed by atoms with E-state index < -0.39 is 5.12 Å². The molecule has 134 valence electrons. The third-order valence-corrected chi connectivity index (χ3v) is 4.62. The Bertz CT molecular complexity index is 574. The summed E-state index contributed by atoms with van der Waals surface area (Å²) < 4.78 is 1.87. The summed E-state index contributed by atoms with van der Waals surface area (Å²) in [5, 5.41) is 3.78. The number of halogens is 3. The first kappa shape index (κ1) is 21.0. The molecule has 0 radical (unpaired) electrons. The molecule has 2 aromatic heterocycles. The van der Waals surface area contributed by atoms with E-state index in [4.69, 9.17) is 11.6 Å². The normalized spacial score (nSPS) is 17.5. The molecule has 0 aromatic carbocycles. The van der Waals surface area contributed by atoms with E-state index in [0.29, 0.717) is 0 Å². The standard InChI is InChI=1S/C15H21ClN6.2ClH/c1-2-5-15(16,22-9-4-8-19-22)21-12-10-20(11-13-21)14-17-6-3-7-18-14;;/h3-4,6-9H,2,5,10-13H2,1H3;2*1H. The molecule has 24 heavy (non-hydrogen) atoms. The van der Waals surface area contributed by atoms with Crippen molar-refractivity contribution in [3.63, 3.8) is 0 Å². The second-order valence-corrected chi connectivity index (χ2v) is 6.05. The summed E-state index contributed by atoms with van der Waals surface area (Å²) in [6, 6.07) is 3.75. The van der Waals surface area contributed by atoms with Gasteiger partial charge in [-0.15, -0.1) is 24.8 Å². The molecule has 9 heteroatoms. The van der Waals surface area contributed by atoms with Gasteiger partial charge in [0.25, 0.3) is 0 Å². The number of anilines is 1. The summed E-state index contributed by atoms with van der Waals surface area (Å²) in [6.07, 6.45) is 9.14. The summed E-state index contributed by atoms with van der Waals surface area (Å²) >= 11 is 6.96. The van der Waals surface area contributed by atoms with Crippen LogP contribution in [0.2, 0.25) is 0 Å². The van der Waals surface area contributed by atoms with E-state index in [1.54, 1.807) is 18.6 Å². The lowest BCUT2D eigenvalue weighted by Gasteiger charge is -2.44. The smallest absolute Gasteiger partial charge is 0.225 e. The molecule has 1 atom stereocenters. The zero-order valence-corrected chi connectivity index (χ0v) is 16.0. The van der Waals surface area contributed by atoms with Crippen LogP contribution in [0.25, 0.3) is 0 Å². The van der Waals surface area contributed by atoms with Crippen LogP contribution in [0.3, 0.4) is 0 Å². The van der Waals surface area contributed by atoms with E-state index in [2.05, 4.69) is 31.8 Å². The quantitative estimate of drug-likeness (QED) is 0.577. The Morgan fingerprint density at radius 2 is 1.71 bits per heavy atom. The zero-order valence-electron chi connectivity index (χ0n) is 13.6. The van der Waals surface area contributed by atoms with Gasteiger partial charge in [0.1, 0.15) is 0 Å². The molecular formula is C15H23Cl3N6. The molecular weight excluding hydrogens is 371 g/mol. The molecule has 0 N–H and O–H groups in total. The minimum absolute atomic E-state index is 0. The van der Waals surface area contributed by atoms with Crippen LogP contribution in [-0.2, 0) is 5.12 Å². The van der Waals surface area contributed by atoms with Crippen molar-refractivity contribution in [2.75, 3.05) is 31.1 Å². The van der Waals surface area contributed by atoms with Crippen LogP contribution < -0.4 is 4.90 Å². The van der Waals surface area contributed by atoms with Crippen LogP contribution in [-0.4, -0.2) is 50.8 Å². The van der Waals surface area contributed by atoms with E-state index in [0.717, 1.165) is 45.0 Å². The molecule has 1 aliphatic rings. The van der Waals surface area contributed by atoms with E-state index in [-0.39, 0.29) is 24.8 Å². The Kier molecular flexibility index (Phi) is 8.22. The lowest BCUT2D eigenvalue weighted by atomic mass is 10.2. The minimum atomic E-state index is -0.581. The molecule has 1 aliphatic heterocycles. The predicted molar refractivity (Wildman–Crippen MR) is 101 cm³/mol. The molecule has 1 saturated heterocycles. The van der Waals surface area contributed by atoms with Crippen LogP contribution in [0.5, 0.6) is 0 Å². The van der Waals surface area contributed by atoms with Crippen molar-refractivity contribution in [3.8, 4) is 0 Å². The summed E-state index contributed by atoms with van der Waals surface area (Å²) in [5.41, 5.74) is 0. The fourth-order valence-corrected chi connectivity index (χ4v) is 3.37. The predicted octanol–water partition coefficient (Wildman–Crippen LogP) is 2.99. The number of nitrogens with zero attached hydrogens (tertiary/aromatic N) is 6. The van der Waals surface area contributed by atoms with Crippen molar-refractivity contribution >= 4 is 42.4 Å². The number of piperazine rings is 1. The SMILES string of the molecule is CCCC(Cl)(N1CCN(c2ncccn2)CC1)n1cccn1.Cl.Cl. The van der Waals surface area contributed by atoms with Gasteiger partial charge in [0.2, 0.25) is 5.95 Å². The maximum absolute atomic E-state index is 6.96. The first-order valence-electron chi connectivity index (χ1n) is 7.70. The van der Waals surface area contributed by atoms with Gasteiger partial charge in [-0.05, 0) is 12.1 Å². The van der Waals surface area contributed by atoms with Crippen LogP contribution in [0.15, 0.2) is 36.9 Å². The number of rotatable bonds is 5. The van der Waals surface area contributed by atoms with Crippen molar-refractivity contribution in [1.29, 1.82) is 0 Å². The Morgan fingerprint density at radius 1 is 1.04 bits per heavy atom. The topological polar surface area (TPSA) is 50.1 Å². The summed E-state index contributed by atoms with van der Waals surface area (Å²) in [4.78, 5) is 13.1. The van der Waals surface area contributed by atoms with E-state index in [1.165, 1.54) is 0 Å². The fourth-order valence-electron chi connectivity index (χ4n) is 2.91. The Hall–Kier alpha value is -1.08. The van der Waals surface area contributed by atoms with Crippen LogP contribution in [0, 0.1) is 0 Å². The third kappa shape index (κ3) is 4.30. The van der Waals surface area contributed by atoms with Crippen molar-refractivity contribution in [2.45, 2.75) is 24.9 Å². The van der Waals surface area contributed by atoms with Gasteiger partial charge in [-0.25, -0.2) is 14.6 Å². The minimum Gasteiger partial charge on any atom is -0.338 e. The third-order valence-electron chi connectivity index (χ3n) is 4.02. The highest BCUT2D eigenvalue weighted by Crippen LogP contribution is 2.32. The van der Waals surface area contributed by atoms with Crippen LogP contribution >= 0.6 is 36.4 Å². The Balaban J connectivity index is 0.00000144. The molecule has 0 spiro atoms. The number of aromatic nitrogens is 4. The second kappa shape index (κ2) is 9.42. The van der Waals surface area contributed by atoms with Gasteiger partial charge in [-0.1, -0.05) is 24.9 Å². The number of alkyl halides is 1. The molecule has 6 nitrogen and oxygen atoms in total. The van der Waals surface area contributed by atoms with Gasteiger partial charge in [0, 0.05) is 57.4 Å². The lowest BCUT2D eigenvalue weighted by Crippen LogP contribution is -2.56. The average molecular weight is 394 g/mol. The van der Waals surface area contributed by atoms with Crippen LogP contribution in [0.1, 0.15) is 19.8 Å². The first-order chi connectivity index (χ1) is 10.7. The highest BCUT2D eigenvalue weighted by atomic mass is 35.5. The maximum atomic E-state index is 6.96.